The molecule has 1 atom stereocenters. The molecule has 2 rings (SSSR count). The van der Waals surface area contributed by atoms with Crippen molar-refractivity contribution >= 4 is 11.7 Å². The summed E-state index contributed by atoms with van der Waals surface area (Å²) in [5, 5.41) is 15.2. The van der Waals surface area contributed by atoms with E-state index in [0.717, 1.165) is 11.3 Å². The highest BCUT2D eigenvalue weighted by Crippen LogP contribution is 2.13. The molecule has 0 saturated heterocycles. The largest absolute Gasteiger partial charge is 0.467 e. The van der Waals surface area contributed by atoms with Crippen LogP contribution in [0.15, 0.2) is 47.1 Å². The second-order valence-electron chi connectivity index (χ2n) is 5.16. The third-order valence-corrected chi connectivity index (χ3v) is 3.21. The molecule has 0 aliphatic rings. The van der Waals surface area contributed by atoms with Crippen molar-refractivity contribution in [2.24, 2.45) is 0 Å². The molecule has 1 aromatic carbocycles. The van der Waals surface area contributed by atoms with Gasteiger partial charge in [-0.15, -0.1) is 0 Å². The van der Waals surface area contributed by atoms with E-state index >= 15 is 0 Å². The van der Waals surface area contributed by atoms with E-state index in [9.17, 15) is 9.90 Å². The van der Waals surface area contributed by atoms with Gasteiger partial charge in [0.05, 0.1) is 12.8 Å². The number of hydrogen-bond donors (Lipinski definition) is 3. The van der Waals surface area contributed by atoms with Gasteiger partial charge in [0.15, 0.2) is 0 Å². The van der Waals surface area contributed by atoms with E-state index in [0.29, 0.717) is 12.3 Å². The van der Waals surface area contributed by atoms with E-state index in [1.54, 1.807) is 12.1 Å². The van der Waals surface area contributed by atoms with Gasteiger partial charge in [-0.2, -0.15) is 0 Å². The van der Waals surface area contributed by atoms with Crippen LogP contribution in [0.2, 0.25) is 0 Å². The van der Waals surface area contributed by atoms with E-state index in [-0.39, 0.29) is 12.6 Å². The standard InChI is InChI=1S/C16H21N3O3/c1-19(2)13-6-3-5-12(9-13)10-17-16(21)18-11-14(20)15-7-4-8-22-15/h3-9,14,20H,10-11H2,1-2H3,(H2,17,18,21). The Labute approximate surface area is 129 Å². The smallest absolute Gasteiger partial charge is 0.315 e. The Bertz CT molecular complexity index is 596. The lowest BCUT2D eigenvalue weighted by Crippen LogP contribution is -2.37. The highest BCUT2D eigenvalue weighted by atomic mass is 16.4. The lowest BCUT2D eigenvalue weighted by molar-refractivity contribution is 0.148. The summed E-state index contributed by atoms with van der Waals surface area (Å²) in [6.07, 6.45) is 0.633. The van der Waals surface area contributed by atoms with Gasteiger partial charge in [-0.05, 0) is 29.8 Å². The van der Waals surface area contributed by atoms with E-state index in [2.05, 4.69) is 10.6 Å². The number of amides is 2. The average molecular weight is 303 g/mol. The van der Waals surface area contributed by atoms with Gasteiger partial charge in [-0.1, -0.05) is 12.1 Å². The lowest BCUT2D eigenvalue weighted by atomic mass is 10.2. The molecule has 0 fully saturated rings. The molecule has 6 nitrogen and oxygen atoms in total. The molecule has 0 bridgehead atoms. The summed E-state index contributed by atoms with van der Waals surface area (Å²) in [5.41, 5.74) is 2.08. The van der Waals surface area contributed by atoms with Gasteiger partial charge in [-0.3, -0.25) is 0 Å². The van der Waals surface area contributed by atoms with Gasteiger partial charge >= 0.3 is 6.03 Å². The van der Waals surface area contributed by atoms with Crippen molar-refractivity contribution in [1.82, 2.24) is 10.6 Å². The van der Waals surface area contributed by atoms with Crippen LogP contribution in [0.25, 0.3) is 0 Å². The quantitative estimate of drug-likeness (QED) is 0.761. The number of anilines is 1. The number of carbonyl (C=O) groups excluding carboxylic acids is 1. The minimum Gasteiger partial charge on any atom is -0.467 e. The Morgan fingerprint density at radius 2 is 2.09 bits per heavy atom. The topological polar surface area (TPSA) is 77.7 Å². The fourth-order valence-corrected chi connectivity index (χ4v) is 1.96. The van der Waals surface area contributed by atoms with Crippen LogP contribution in [0.1, 0.15) is 17.4 Å². The number of hydrogen-bond acceptors (Lipinski definition) is 4. The first kappa shape index (κ1) is 15.9. The molecular weight excluding hydrogens is 282 g/mol. The van der Waals surface area contributed by atoms with Crippen molar-refractivity contribution < 1.29 is 14.3 Å². The highest BCUT2D eigenvalue weighted by Gasteiger charge is 2.11. The summed E-state index contributed by atoms with van der Waals surface area (Å²) in [5.74, 6) is 0.430. The number of benzene rings is 1. The van der Waals surface area contributed by atoms with E-state index in [1.807, 2.05) is 43.3 Å². The summed E-state index contributed by atoms with van der Waals surface area (Å²) in [6, 6.07) is 10.9. The van der Waals surface area contributed by atoms with Crippen LogP contribution in [0, 0.1) is 0 Å². The average Bonchev–Trinajstić information content (AvgIpc) is 3.05. The minimum absolute atomic E-state index is 0.0943. The monoisotopic (exact) mass is 303 g/mol. The Hall–Kier alpha value is -2.47. The molecule has 1 heterocycles. The van der Waals surface area contributed by atoms with Gasteiger partial charge in [0.1, 0.15) is 11.9 Å². The molecule has 1 aromatic heterocycles. The van der Waals surface area contributed by atoms with Crippen LogP contribution >= 0.6 is 0 Å². The maximum absolute atomic E-state index is 11.7. The molecule has 0 aliphatic heterocycles. The molecule has 0 saturated carbocycles. The van der Waals surface area contributed by atoms with Crippen molar-refractivity contribution in [1.29, 1.82) is 0 Å². The predicted molar refractivity (Wildman–Crippen MR) is 84.7 cm³/mol. The van der Waals surface area contributed by atoms with Crippen molar-refractivity contribution in [3.63, 3.8) is 0 Å². The summed E-state index contributed by atoms with van der Waals surface area (Å²) in [7, 11) is 3.94. The number of nitrogens with zero attached hydrogens (tertiary/aromatic N) is 1. The van der Waals surface area contributed by atoms with E-state index in [4.69, 9.17) is 4.42 Å². The normalized spacial score (nSPS) is 11.8. The zero-order valence-electron chi connectivity index (χ0n) is 12.7. The number of carbonyl (C=O) groups is 1. The third-order valence-electron chi connectivity index (χ3n) is 3.21. The molecule has 1 unspecified atom stereocenters. The second kappa shape index (κ2) is 7.51. The van der Waals surface area contributed by atoms with Crippen molar-refractivity contribution in [3.8, 4) is 0 Å². The molecule has 3 N–H and O–H groups in total. The van der Waals surface area contributed by atoms with Crippen molar-refractivity contribution in [3.05, 3.63) is 54.0 Å². The molecule has 0 aliphatic carbocycles. The number of furan rings is 1. The van der Waals surface area contributed by atoms with Crippen LogP contribution in [0.3, 0.4) is 0 Å². The molecule has 0 radical (unpaired) electrons. The fraction of sp³-hybridized carbons (Fsp3) is 0.312. The molecule has 2 aromatic rings. The first-order valence-electron chi connectivity index (χ1n) is 7.05. The molecule has 22 heavy (non-hydrogen) atoms. The number of rotatable bonds is 6. The van der Waals surface area contributed by atoms with Crippen LogP contribution in [-0.2, 0) is 6.54 Å². The summed E-state index contributed by atoms with van der Waals surface area (Å²) in [6.45, 7) is 0.515. The van der Waals surface area contributed by atoms with Crippen molar-refractivity contribution in [2.45, 2.75) is 12.6 Å². The van der Waals surface area contributed by atoms with E-state index < -0.39 is 6.10 Å². The highest BCUT2D eigenvalue weighted by molar-refractivity contribution is 5.73. The first-order chi connectivity index (χ1) is 10.6. The summed E-state index contributed by atoms with van der Waals surface area (Å²) >= 11 is 0. The fourth-order valence-electron chi connectivity index (χ4n) is 1.96. The Morgan fingerprint density at radius 1 is 1.27 bits per heavy atom. The minimum atomic E-state index is -0.849. The third kappa shape index (κ3) is 4.53. The van der Waals surface area contributed by atoms with Gasteiger partial charge < -0.3 is 25.1 Å². The second-order valence-corrected chi connectivity index (χ2v) is 5.16. The molecular formula is C16H21N3O3. The number of aliphatic hydroxyl groups excluding tert-OH is 1. The maximum atomic E-state index is 11.7. The van der Waals surface area contributed by atoms with Crippen molar-refractivity contribution in [2.75, 3.05) is 25.5 Å². The number of aliphatic hydroxyl groups is 1. The van der Waals surface area contributed by atoms with Gasteiger partial charge in [0.25, 0.3) is 0 Å². The summed E-state index contributed by atoms with van der Waals surface area (Å²) in [4.78, 5) is 13.7. The molecule has 6 heteroatoms. The van der Waals surface area contributed by atoms with Gasteiger partial charge in [0, 0.05) is 26.3 Å². The predicted octanol–water partition coefficient (Wildman–Crippen LogP) is 1.88. The number of nitrogens with one attached hydrogen (secondary N) is 2. The maximum Gasteiger partial charge on any atom is 0.315 e. The zero-order valence-corrected chi connectivity index (χ0v) is 12.7. The molecule has 0 spiro atoms. The SMILES string of the molecule is CN(C)c1cccc(CNC(=O)NCC(O)c2ccco2)c1. The van der Waals surface area contributed by atoms with Crippen LogP contribution in [0.5, 0.6) is 0 Å². The Balaban J connectivity index is 1.77. The lowest BCUT2D eigenvalue weighted by Gasteiger charge is -2.14. The van der Waals surface area contributed by atoms with Crippen LogP contribution in [-0.4, -0.2) is 31.8 Å². The van der Waals surface area contributed by atoms with Crippen LogP contribution in [0.4, 0.5) is 10.5 Å². The Morgan fingerprint density at radius 3 is 2.77 bits per heavy atom. The summed E-state index contributed by atoms with van der Waals surface area (Å²) < 4.78 is 5.07. The first-order valence-corrected chi connectivity index (χ1v) is 7.05. The molecule has 2 amide bonds. The van der Waals surface area contributed by atoms with Crippen LogP contribution < -0.4 is 15.5 Å². The van der Waals surface area contributed by atoms with E-state index in [1.165, 1.54) is 6.26 Å². The Kier molecular flexibility index (Phi) is 5.43. The molecule has 118 valence electrons. The zero-order chi connectivity index (χ0) is 15.9. The van der Waals surface area contributed by atoms with Gasteiger partial charge in [0.2, 0.25) is 0 Å². The number of urea groups is 1. The van der Waals surface area contributed by atoms with Gasteiger partial charge in [-0.25, -0.2) is 4.79 Å².